The van der Waals surface area contributed by atoms with Crippen LogP contribution >= 0.6 is 8.38 Å². The van der Waals surface area contributed by atoms with Gasteiger partial charge >= 0.3 is 5.91 Å². The van der Waals surface area contributed by atoms with E-state index in [-0.39, 0.29) is 11.1 Å². The second-order valence-electron chi connectivity index (χ2n) is 7.30. The summed E-state index contributed by atoms with van der Waals surface area (Å²) in [6.07, 6.45) is 6.58. The zero-order valence-electron chi connectivity index (χ0n) is 16.8. The molecule has 2 N–H and O–H groups in total. The molecule has 0 atom stereocenters. The maximum Gasteiger partial charge on any atom is 0.318 e. The third-order valence-electron chi connectivity index (χ3n) is 5.42. The van der Waals surface area contributed by atoms with Gasteiger partial charge in [-0.15, -0.1) is 0 Å². The van der Waals surface area contributed by atoms with Crippen LogP contribution in [0.1, 0.15) is 29.8 Å². The molecule has 3 aromatic heterocycles. The van der Waals surface area contributed by atoms with E-state index in [1.807, 2.05) is 4.90 Å². The highest BCUT2D eigenvalue weighted by Gasteiger charge is 2.26. The van der Waals surface area contributed by atoms with E-state index in [0.29, 0.717) is 42.3 Å². The van der Waals surface area contributed by atoms with Crippen molar-refractivity contribution in [1.29, 1.82) is 0 Å². The number of fused-ring (bicyclic) bond motifs is 1. The molecule has 0 radical (unpaired) electrons. The predicted molar refractivity (Wildman–Crippen MR) is 112 cm³/mol. The molecule has 0 unspecified atom stereocenters. The van der Waals surface area contributed by atoms with Crippen LogP contribution in [0.4, 0.5) is 5.82 Å². The van der Waals surface area contributed by atoms with Gasteiger partial charge in [-0.25, -0.2) is 4.98 Å². The number of nitrogens with zero attached hydrogens (tertiary/aromatic N) is 5. The molecular formula is C19H22N5O6P. The SMILES string of the molecule is COc1cc2cnn(C(=O)c3cnco3)c(=O)c2c(N2CCC(CCP(O)O)CC2)n1. The van der Waals surface area contributed by atoms with Crippen molar-refractivity contribution in [3.8, 4) is 5.88 Å². The Labute approximate surface area is 178 Å². The van der Waals surface area contributed by atoms with E-state index in [2.05, 4.69) is 15.1 Å². The number of oxazole rings is 1. The van der Waals surface area contributed by atoms with Gasteiger partial charge in [0.2, 0.25) is 11.6 Å². The Morgan fingerprint density at radius 1 is 1.32 bits per heavy atom. The van der Waals surface area contributed by atoms with Crippen molar-refractivity contribution in [3.05, 3.63) is 41.0 Å². The van der Waals surface area contributed by atoms with Crippen molar-refractivity contribution >= 4 is 30.9 Å². The molecule has 0 bridgehead atoms. The fraction of sp³-hybridized carbons (Fsp3) is 0.421. The smallest absolute Gasteiger partial charge is 0.318 e. The van der Waals surface area contributed by atoms with E-state index in [4.69, 9.17) is 18.9 Å². The number of aromatic nitrogens is 4. The Bertz CT molecular complexity index is 1120. The molecule has 0 aliphatic carbocycles. The van der Waals surface area contributed by atoms with Gasteiger partial charge in [0.1, 0.15) is 5.82 Å². The summed E-state index contributed by atoms with van der Waals surface area (Å²) in [6, 6.07) is 1.61. The predicted octanol–water partition coefficient (Wildman–Crippen LogP) is 1.38. The summed E-state index contributed by atoms with van der Waals surface area (Å²) in [5.41, 5.74) is -0.600. The molecule has 4 heterocycles. The molecule has 0 amide bonds. The molecule has 4 rings (SSSR count). The summed E-state index contributed by atoms with van der Waals surface area (Å²) in [5.74, 6) is 0.353. The summed E-state index contributed by atoms with van der Waals surface area (Å²) >= 11 is 0. The van der Waals surface area contributed by atoms with Gasteiger partial charge in [-0.3, -0.25) is 9.59 Å². The van der Waals surface area contributed by atoms with Gasteiger partial charge in [-0.2, -0.15) is 14.8 Å². The Morgan fingerprint density at radius 3 is 2.74 bits per heavy atom. The van der Waals surface area contributed by atoms with Gasteiger partial charge < -0.3 is 23.8 Å². The highest BCUT2D eigenvalue weighted by Crippen LogP contribution is 2.33. The third kappa shape index (κ3) is 4.43. The number of methoxy groups -OCH3 is 1. The summed E-state index contributed by atoms with van der Waals surface area (Å²) in [5, 5.41) is 4.79. The van der Waals surface area contributed by atoms with E-state index >= 15 is 0 Å². The lowest BCUT2D eigenvalue weighted by atomic mass is 9.94. The number of rotatable bonds is 6. The van der Waals surface area contributed by atoms with E-state index in [0.717, 1.165) is 30.3 Å². The molecule has 164 valence electrons. The summed E-state index contributed by atoms with van der Waals surface area (Å²) in [4.78, 5) is 54.4. The Morgan fingerprint density at radius 2 is 2.10 bits per heavy atom. The van der Waals surface area contributed by atoms with E-state index in [1.165, 1.54) is 19.5 Å². The standard InChI is InChI=1S/C19H22N5O6P/c1-29-15-8-13-9-21-24(18(25)14-10-20-11-30-14)19(26)16(13)17(22-15)23-5-2-12(3-6-23)4-7-31(27)28/h8-12,27-28H,2-7H2,1H3. The number of ether oxygens (including phenoxy) is 1. The normalized spacial score (nSPS) is 15.0. The van der Waals surface area contributed by atoms with Crippen LogP contribution in [0.5, 0.6) is 5.88 Å². The van der Waals surface area contributed by atoms with E-state index in [9.17, 15) is 9.59 Å². The molecule has 1 fully saturated rings. The number of hydrogen-bond acceptors (Lipinski definition) is 10. The summed E-state index contributed by atoms with van der Waals surface area (Å²) in [7, 11) is -0.384. The van der Waals surface area contributed by atoms with Crippen LogP contribution in [0.15, 0.2) is 34.1 Å². The number of carbonyl (C=O) groups excluding carboxylic acids is 1. The quantitative estimate of drug-likeness (QED) is 0.532. The molecule has 0 spiro atoms. The largest absolute Gasteiger partial charge is 0.481 e. The lowest BCUT2D eigenvalue weighted by Crippen LogP contribution is -2.36. The molecule has 11 nitrogen and oxygen atoms in total. The number of hydrogen-bond donors (Lipinski definition) is 2. The number of piperidine rings is 1. The van der Waals surface area contributed by atoms with Gasteiger partial charge in [-0.05, 0) is 25.2 Å². The first-order valence-electron chi connectivity index (χ1n) is 9.78. The maximum absolute atomic E-state index is 13.2. The Kier molecular flexibility index (Phi) is 6.26. The minimum atomic E-state index is -1.88. The second-order valence-corrected chi connectivity index (χ2v) is 8.49. The number of pyridine rings is 1. The molecule has 0 aromatic carbocycles. The van der Waals surface area contributed by atoms with Crippen LogP contribution in [0, 0.1) is 5.92 Å². The van der Waals surface area contributed by atoms with Crippen LogP contribution in [-0.2, 0) is 0 Å². The fourth-order valence-corrected chi connectivity index (χ4v) is 4.36. The first-order chi connectivity index (χ1) is 15.0. The average molecular weight is 447 g/mol. The third-order valence-corrected chi connectivity index (χ3v) is 6.08. The van der Waals surface area contributed by atoms with E-state index < -0.39 is 19.8 Å². The lowest BCUT2D eigenvalue weighted by Gasteiger charge is -2.33. The first kappa shape index (κ1) is 21.4. The zero-order chi connectivity index (χ0) is 22.0. The fourth-order valence-electron chi connectivity index (χ4n) is 3.76. The summed E-state index contributed by atoms with van der Waals surface area (Å²) in [6.45, 7) is 1.29. The monoisotopic (exact) mass is 447 g/mol. The van der Waals surface area contributed by atoms with Crippen molar-refractivity contribution < 1.29 is 23.7 Å². The molecule has 12 heteroatoms. The molecule has 1 aliphatic rings. The van der Waals surface area contributed by atoms with Crippen molar-refractivity contribution in [2.24, 2.45) is 5.92 Å². The number of anilines is 1. The minimum Gasteiger partial charge on any atom is -0.481 e. The first-order valence-corrected chi connectivity index (χ1v) is 11.2. The van der Waals surface area contributed by atoms with Crippen LogP contribution in [-0.4, -0.2) is 61.8 Å². The Balaban J connectivity index is 1.70. The second kappa shape index (κ2) is 9.09. The van der Waals surface area contributed by atoms with Crippen LogP contribution < -0.4 is 15.2 Å². The van der Waals surface area contributed by atoms with Crippen LogP contribution in [0.25, 0.3) is 10.8 Å². The molecule has 31 heavy (non-hydrogen) atoms. The maximum atomic E-state index is 13.2. The topological polar surface area (TPSA) is 144 Å². The Hall–Kier alpha value is -2.88. The van der Waals surface area contributed by atoms with Gasteiger partial charge in [0, 0.05) is 30.7 Å². The van der Waals surface area contributed by atoms with Gasteiger partial charge in [0.15, 0.2) is 14.8 Å². The lowest BCUT2D eigenvalue weighted by molar-refractivity contribution is 0.0911. The van der Waals surface area contributed by atoms with Gasteiger partial charge in [0.05, 0.1) is 24.9 Å². The average Bonchev–Trinajstić information content (AvgIpc) is 3.32. The minimum absolute atomic E-state index is 0.0921. The van der Waals surface area contributed by atoms with E-state index in [1.54, 1.807) is 6.07 Å². The molecule has 3 aromatic rings. The zero-order valence-corrected chi connectivity index (χ0v) is 17.7. The highest BCUT2D eigenvalue weighted by molar-refractivity contribution is 7.45. The molecular weight excluding hydrogens is 425 g/mol. The summed E-state index contributed by atoms with van der Waals surface area (Å²) < 4.78 is 11.1. The van der Waals surface area contributed by atoms with Crippen molar-refractivity contribution in [2.75, 3.05) is 31.3 Å². The van der Waals surface area contributed by atoms with Gasteiger partial charge in [0.25, 0.3) is 5.56 Å². The molecule has 1 saturated heterocycles. The van der Waals surface area contributed by atoms with Crippen LogP contribution in [0.2, 0.25) is 0 Å². The molecule has 1 aliphatic heterocycles. The van der Waals surface area contributed by atoms with Gasteiger partial charge in [-0.1, -0.05) is 0 Å². The van der Waals surface area contributed by atoms with Crippen molar-refractivity contribution in [3.63, 3.8) is 0 Å². The number of carbonyl (C=O) groups is 1. The van der Waals surface area contributed by atoms with Crippen molar-refractivity contribution in [1.82, 2.24) is 19.7 Å². The molecule has 0 saturated carbocycles. The van der Waals surface area contributed by atoms with Crippen LogP contribution in [0.3, 0.4) is 0 Å². The highest BCUT2D eigenvalue weighted by atomic mass is 31.2. The van der Waals surface area contributed by atoms with Crippen molar-refractivity contribution in [2.45, 2.75) is 19.3 Å².